The molecule has 0 aromatic carbocycles. The highest BCUT2D eigenvalue weighted by Gasteiger charge is 2.22. The lowest BCUT2D eigenvalue weighted by atomic mass is 9.90. The highest BCUT2D eigenvalue weighted by molar-refractivity contribution is 6.01. The molecule has 0 spiro atoms. The Balaban J connectivity index is 5.13. The third kappa shape index (κ3) is 13.0. The molecule has 7 nitrogen and oxygen atoms in total. The molecule has 2 amide bonds. The first-order chi connectivity index (χ1) is 11.1. The summed E-state index contributed by atoms with van der Waals surface area (Å²) in [5.41, 5.74) is -1.50. The normalized spacial score (nSPS) is 12.0. The van der Waals surface area contributed by atoms with Crippen LogP contribution in [0.1, 0.15) is 61.8 Å². The van der Waals surface area contributed by atoms with Gasteiger partial charge in [0.05, 0.1) is 0 Å². The number of rotatable bonds is 4. The average Bonchev–Trinajstić information content (AvgIpc) is 2.31. The van der Waals surface area contributed by atoms with Crippen LogP contribution in [0, 0.1) is 5.41 Å². The van der Waals surface area contributed by atoms with Crippen molar-refractivity contribution in [2.45, 2.75) is 73.0 Å². The van der Waals surface area contributed by atoms with Gasteiger partial charge in [-0.2, -0.15) is 0 Å². The standard InChI is InChI=1S/C18H33N3O4/c1-10-11-18(8,9)12-19-13(20-14(22)24-16(2,3)4)21-15(23)25-17(5,6)7/h10H,1,11-12H2,2-9H3,(H2,19,20,21,22,23). The van der Waals surface area contributed by atoms with Crippen molar-refractivity contribution in [3.63, 3.8) is 0 Å². The monoisotopic (exact) mass is 355 g/mol. The predicted octanol–water partition coefficient (Wildman–Crippen LogP) is 3.99. The van der Waals surface area contributed by atoms with E-state index in [0.717, 1.165) is 6.42 Å². The van der Waals surface area contributed by atoms with Gasteiger partial charge in [-0.1, -0.05) is 19.9 Å². The zero-order valence-corrected chi connectivity index (χ0v) is 16.8. The molecule has 0 unspecified atom stereocenters. The highest BCUT2D eigenvalue weighted by atomic mass is 16.6. The molecule has 0 aromatic heterocycles. The summed E-state index contributed by atoms with van der Waals surface area (Å²) in [6, 6.07) is 0. The summed E-state index contributed by atoms with van der Waals surface area (Å²) in [5.74, 6) is -0.0133. The molecule has 0 saturated heterocycles. The molecule has 0 saturated carbocycles. The summed E-state index contributed by atoms with van der Waals surface area (Å²) in [6.07, 6.45) is 1.13. The lowest BCUT2D eigenvalue weighted by Gasteiger charge is -2.23. The molecule has 0 bridgehead atoms. The first kappa shape index (κ1) is 22.9. The Morgan fingerprint density at radius 1 is 0.920 bits per heavy atom. The molecule has 0 aliphatic rings. The molecular weight excluding hydrogens is 322 g/mol. The van der Waals surface area contributed by atoms with Gasteiger partial charge in [0.15, 0.2) is 0 Å². The fourth-order valence-corrected chi connectivity index (χ4v) is 1.66. The second kappa shape index (κ2) is 8.87. The first-order valence-corrected chi connectivity index (χ1v) is 8.29. The Labute approximate surface area is 151 Å². The van der Waals surface area contributed by atoms with E-state index in [1.54, 1.807) is 47.6 Å². The first-order valence-electron chi connectivity index (χ1n) is 8.29. The van der Waals surface area contributed by atoms with Gasteiger partial charge in [-0.15, -0.1) is 6.58 Å². The molecule has 7 heteroatoms. The van der Waals surface area contributed by atoms with E-state index in [9.17, 15) is 9.59 Å². The largest absolute Gasteiger partial charge is 0.444 e. The van der Waals surface area contributed by atoms with Gasteiger partial charge < -0.3 is 9.47 Å². The van der Waals surface area contributed by atoms with Gasteiger partial charge in [0.2, 0.25) is 5.96 Å². The number of carbonyl (C=O) groups is 2. The minimum Gasteiger partial charge on any atom is -0.444 e. The highest BCUT2D eigenvalue weighted by Crippen LogP contribution is 2.20. The van der Waals surface area contributed by atoms with Crippen molar-refractivity contribution in [1.82, 2.24) is 10.6 Å². The lowest BCUT2D eigenvalue weighted by Crippen LogP contribution is -2.47. The maximum absolute atomic E-state index is 12.0. The van der Waals surface area contributed by atoms with E-state index in [2.05, 4.69) is 22.2 Å². The smallest absolute Gasteiger partial charge is 0.414 e. The molecule has 0 atom stereocenters. The summed E-state index contributed by atoms with van der Waals surface area (Å²) in [6.45, 7) is 18.6. The molecule has 0 radical (unpaired) electrons. The third-order valence-corrected chi connectivity index (χ3v) is 2.60. The average molecular weight is 355 g/mol. The summed E-state index contributed by atoms with van der Waals surface area (Å²) in [7, 11) is 0. The number of hydrogen-bond acceptors (Lipinski definition) is 5. The minimum absolute atomic E-state index is 0.0133. The van der Waals surface area contributed by atoms with Gasteiger partial charge in [0.25, 0.3) is 0 Å². The number of guanidine groups is 1. The molecule has 0 fully saturated rings. The second-order valence-electron chi connectivity index (χ2n) is 8.58. The Hall–Kier alpha value is -2.05. The SMILES string of the molecule is C=CCC(C)(C)CN=C(NC(=O)OC(C)(C)C)NC(=O)OC(C)(C)C. The van der Waals surface area contributed by atoms with Gasteiger partial charge in [0.1, 0.15) is 11.2 Å². The van der Waals surface area contributed by atoms with Crippen molar-refractivity contribution in [1.29, 1.82) is 0 Å². The number of ether oxygens (including phenoxy) is 2. The van der Waals surface area contributed by atoms with Crippen LogP contribution in [0.4, 0.5) is 9.59 Å². The van der Waals surface area contributed by atoms with E-state index in [4.69, 9.17) is 9.47 Å². The molecular formula is C18H33N3O4. The zero-order valence-electron chi connectivity index (χ0n) is 16.8. The van der Waals surface area contributed by atoms with Crippen molar-refractivity contribution in [2.24, 2.45) is 10.4 Å². The van der Waals surface area contributed by atoms with Crippen molar-refractivity contribution < 1.29 is 19.1 Å². The quantitative estimate of drug-likeness (QED) is 0.453. The van der Waals surface area contributed by atoms with Crippen LogP contribution < -0.4 is 10.6 Å². The van der Waals surface area contributed by atoms with Crippen molar-refractivity contribution >= 4 is 18.1 Å². The van der Waals surface area contributed by atoms with Crippen molar-refractivity contribution in [2.75, 3.05) is 6.54 Å². The summed E-state index contributed by atoms with van der Waals surface area (Å²) >= 11 is 0. The van der Waals surface area contributed by atoms with E-state index in [0.29, 0.717) is 6.54 Å². The molecule has 0 aromatic rings. The summed E-state index contributed by atoms with van der Waals surface area (Å²) in [4.78, 5) is 28.2. The second-order valence-corrected chi connectivity index (χ2v) is 8.58. The number of nitrogens with one attached hydrogen (secondary N) is 2. The molecule has 0 rings (SSSR count). The zero-order chi connectivity index (χ0) is 19.9. The van der Waals surface area contributed by atoms with Crippen molar-refractivity contribution in [3.05, 3.63) is 12.7 Å². The maximum Gasteiger partial charge on any atom is 0.414 e. The van der Waals surface area contributed by atoms with E-state index < -0.39 is 23.4 Å². The van der Waals surface area contributed by atoms with Gasteiger partial charge in [0, 0.05) is 6.54 Å². The lowest BCUT2D eigenvalue weighted by molar-refractivity contribution is 0.0544. The summed E-state index contributed by atoms with van der Waals surface area (Å²) in [5, 5.41) is 4.91. The van der Waals surface area contributed by atoms with Gasteiger partial charge in [-0.3, -0.25) is 15.6 Å². The number of nitrogens with zero attached hydrogens (tertiary/aromatic N) is 1. The topological polar surface area (TPSA) is 89.0 Å². The van der Waals surface area contributed by atoms with Crippen LogP contribution in [0.5, 0.6) is 0 Å². The van der Waals surface area contributed by atoms with E-state index in [-0.39, 0.29) is 11.4 Å². The van der Waals surface area contributed by atoms with Crippen molar-refractivity contribution in [3.8, 4) is 0 Å². The Kier molecular flexibility index (Phi) is 8.15. The van der Waals surface area contributed by atoms with E-state index in [1.807, 2.05) is 13.8 Å². The molecule has 0 aliphatic heterocycles. The summed E-state index contributed by atoms with van der Waals surface area (Å²) < 4.78 is 10.4. The van der Waals surface area contributed by atoms with Gasteiger partial charge in [-0.05, 0) is 53.4 Å². The maximum atomic E-state index is 12.0. The molecule has 0 aliphatic carbocycles. The Bertz CT molecular complexity index is 479. The molecule has 25 heavy (non-hydrogen) atoms. The van der Waals surface area contributed by atoms with Gasteiger partial charge in [-0.25, -0.2) is 9.59 Å². The predicted molar refractivity (Wildman–Crippen MR) is 99.6 cm³/mol. The van der Waals surface area contributed by atoms with Crippen LogP contribution >= 0.6 is 0 Å². The number of hydrogen-bond donors (Lipinski definition) is 2. The van der Waals surface area contributed by atoms with E-state index >= 15 is 0 Å². The van der Waals surface area contributed by atoms with Crippen LogP contribution in [-0.4, -0.2) is 35.9 Å². The fourth-order valence-electron chi connectivity index (χ4n) is 1.66. The fraction of sp³-hybridized carbons (Fsp3) is 0.722. The Morgan fingerprint density at radius 2 is 1.32 bits per heavy atom. The molecule has 2 N–H and O–H groups in total. The third-order valence-electron chi connectivity index (χ3n) is 2.60. The minimum atomic E-state index is -0.705. The van der Waals surface area contributed by atoms with Crippen LogP contribution in [0.25, 0.3) is 0 Å². The van der Waals surface area contributed by atoms with Crippen LogP contribution in [-0.2, 0) is 9.47 Å². The van der Waals surface area contributed by atoms with Gasteiger partial charge >= 0.3 is 12.2 Å². The Morgan fingerprint density at radius 3 is 1.64 bits per heavy atom. The van der Waals surface area contributed by atoms with Crippen LogP contribution in [0.2, 0.25) is 0 Å². The molecule has 0 heterocycles. The molecule has 144 valence electrons. The van der Waals surface area contributed by atoms with Crippen LogP contribution in [0.15, 0.2) is 17.6 Å². The number of aliphatic imine (C=N–C) groups is 1. The number of allylic oxidation sites excluding steroid dienone is 1. The number of carbonyl (C=O) groups excluding carboxylic acids is 2. The number of amides is 2. The van der Waals surface area contributed by atoms with E-state index in [1.165, 1.54) is 0 Å². The number of alkyl carbamates (subject to hydrolysis) is 2. The van der Waals surface area contributed by atoms with Crippen LogP contribution in [0.3, 0.4) is 0 Å².